The van der Waals surface area contributed by atoms with Gasteiger partial charge in [-0.1, -0.05) is 154 Å². The Kier molecular flexibility index (Phi) is 17.1. The molecule has 4 atom stereocenters. The van der Waals surface area contributed by atoms with Crippen molar-refractivity contribution >= 4 is 31.9 Å². The maximum absolute atomic E-state index is 13.3. The molecule has 4 aromatic carbocycles. The summed E-state index contributed by atoms with van der Waals surface area (Å²) in [5.74, 6) is -0.214. The second-order valence-corrected chi connectivity index (χ2v) is 22.4. The van der Waals surface area contributed by atoms with Crippen molar-refractivity contribution in [2.75, 3.05) is 39.7 Å². The van der Waals surface area contributed by atoms with Crippen LogP contribution < -0.4 is 0 Å². The van der Waals surface area contributed by atoms with Crippen LogP contribution >= 0.6 is 0 Å². The second kappa shape index (κ2) is 22.4. The van der Waals surface area contributed by atoms with Crippen LogP contribution in [-0.4, -0.2) is 91.2 Å². The van der Waals surface area contributed by atoms with E-state index in [2.05, 4.69) is 78.8 Å². The molecule has 318 valence electrons. The molecule has 0 aliphatic carbocycles. The largest absolute Gasteiger partial charge is 0.446 e. The zero-order valence-corrected chi connectivity index (χ0v) is 37.1. The van der Waals surface area contributed by atoms with Crippen molar-refractivity contribution in [2.45, 2.75) is 71.5 Å². The van der Waals surface area contributed by atoms with E-state index in [9.17, 15) is 19.2 Å². The fourth-order valence-corrected chi connectivity index (χ4v) is 9.68. The van der Waals surface area contributed by atoms with Gasteiger partial charge in [-0.05, 0) is 53.8 Å². The van der Waals surface area contributed by atoms with Gasteiger partial charge in [0.25, 0.3) is 5.91 Å². The molecule has 10 nitrogen and oxygen atoms in total. The van der Waals surface area contributed by atoms with E-state index in [-0.39, 0.29) is 48.2 Å². The zero-order chi connectivity index (χ0) is 43.1. The predicted molar refractivity (Wildman–Crippen MR) is 239 cm³/mol. The Morgan fingerprint density at radius 1 is 0.783 bits per heavy atom. The Morgan fingerprint density at radius 3 is 1.88 bits per heavy atom. The number of imide groups is 2. The Bertz CT molecular complexity index is 1990. The fourth-order valence-electron chi connectivity index (χ4n) is 8.14. The first-order valence-corrected chi connectivity index (χ1v) is 24.7. The molecule has 0 bridgehead atoms. The zero-order valence-electron chi connectivity index (χ0n) is 36.1. The summed E-state index contributed by atoms with van der Waals surface area (Å²) in [6, 6.07) is 39.8. The van der Waals surface area contributed by atoms with Crippen LogP contribution in [0.25, 0.3) is 0 Å². The Labute approximate surface area is 357 Å². The summed E-state index contributed by atoms with van der Waals surface area (Å²) in [6.07, 6.45) is 4.75. The molecule has 60 heavy (non-hydrogen) atoms. The molecule has 0 aromatic heterocycles. The van der Waals surface area contributed by atoms with Gasteiger partial charge in [0.2, 0.25) is 11.8 Å². The van der Waals surface area contributed by atoms with Crippen molar-refractivity contribution in [1.82, 2.24) is 19.6 Å². The number of methoxy groups -OCH3 is 1. The van der Waals surface area contributed by atoms with E-state index < -0.39 is 14.2 Å². The third-order valence-electron chi connectivity index (χ3n) is 10.8. The maximum atomic E-state index is 13.3. The summed E-state index contributed by atoms with van der Waals surface area (Å²) in [5, 5.41) is 0. The molecule has 4 amide bonds. The lowest BCUT2D eigenvalue weighted by molar-refractivity contribution is -0.147. The summed E-state index contributed by atoms with van der Waals surface area (Å²) in [4.78, 5) is 56.6. The van der Waals surface area contributed by atoms with Gasteiger partial charge in [0.1, 0.15) is 12.6 Å². The number of cyclic esters (lactones) is 1. The van der Waals surface area contributed by atoms with Crippen LogP contribution in [0.4, 0.5) is 4.79 Å². The van der Waals surface area contributed by atoms with Crippen molar-refractivity contribution < 1.29 is 28.7 Å². The van der Waals surface area contributed by atoms with Gasteiger partial charge in [-0.3, -0.25) is 29.1 Å². The number of hydrogen-bond acceptors (Lipinski definition) is 8. The second-order valence-electron chi connectivity index (χ2n) is 17.0. The first-order chi connectivity index (χ1) is 28.9. The first kappa shape index (κ1) is 45.9. The van der Waals surface area contributed by atoms with Crippen LogP contribution in [0.3, 0.4) is 0 Å². The highest BCUT2D eigenvalue weighted by Crippen LogP contribution is 2.37. The van der Waals surface area contributed by atoms with Crippen LogP contribution in [0.15, 0.2) is 133 Å². The topological polar surface area (TPSA) is 99.7 Å². The number of ether oxygens (including phenoxy) is 2. The molecular weight excluding hydrogens is 769 g/mol. The Hall–Kier alpha value is -5.20. The van der Waals surface area contributed by atoms with Gasteiger partial charge in [0, 0.05) is 39.7 Å². The van der Waals surface area contributed by atoms with Crippen molar-refractivity contribution in [3.8, 4) is 0 Å². The van der Waals surface area contributed by atoms with Gasteiger partial charge in [-0.25, -0.2) is 9.69 Å². The number of carbonyl (C=O) groups excluding carboxylic acids is 4. The van der Waals surface area contributed by atoms with Crippen LogP contribution in [0, 0.1) is 11.8 Å². The molecule has 0 spiro atoms. The van der Waals surface area contributed by atoms with E-state index in [1.165, 1.54) is 23.4 Å². The van der Waals surface area contributed by atoms with E-state index in [0.29, 0.717) is 6.42 Å². The monoisotopic (exact) mass is 830 g/mol. The molecule has 7 rings (SSSR count). The lowest BCUT2D eigenvalue weighted by atomic mass is 9.95. The standard InChI is InChI=1S/C23H26N2O2.C13H13NO3.C13H23NOSi/c1-17-14-24(15-18-8-4-2-5-9-18)16-20(17)23(27)25-21(12-13-22(25)26)19-10-6-3-7-11-19;1-2-6-12(15)14-11(9-17-13(14)16)10-7-4-3-5-8-10;1-15-11-14(12-16(2,3)4)10-13-8-6-5-7-9-13/h2-11,17,20-21H,12-16H2,1H3;2-8,11H,9H2,1H3;5-9H,10-12H2,1-4H3/b;6-2+;/t17-,20-,21+;11-;/m10./s1. The number of benzene rings is 4. The van der Waals surface area contributed by atoms with Gasteiger partial charge in [0.05, 0.1) is 26.8 Å². The normalized spacial score (nSPS) is 20.4. The molecular formula is C49H62N4O6Si. The van der Waals surface area contributed by atoms with Crippen molar-refractivity contribution in [3.05, 3.63) is 156 Å². The smallest absolute Gasteiger partial charge is 0.417 e. The van der Waals surface area contributed by atoms with E-state index >= 15 is 0 Å². The molecule has 0 unspecified atom stereocenters. The minimum Gasteiger partial charge on any atom is -0.446 e. The van der Waals surface area contributed by atoms with Crippen LogP contribution in [0.2, 0.25) is 19.6 Å². The highest BCUT2D eigenvalue weighted by molar-refractivity contribution is 6.76. The molecule has 0 N–H and O–H groups in total. The predicted octanol–water partition coefficient (Wildman–Crippen LogP) is 8.90. The highest BCUT2D eigenvalue weighted by atomic mass is 28.3. The Balaban J connectivity index is 0.000000180. The molecule has 3 aliphatic heterocycles. The molecule has 0 saturated carbocycles. The third-order valence-corrected chi connectivity index (χ3v) is 12.1. The SMILES string of the molecule is C/C=C/C(=O)N1C(=O)OC[C@H]1c1ccccc1.COCN(Cc1ccccc1)C[Si](C)(C)C.C[C@@H]1CN(Cc2ccccc2)C[C@H]1C(=O)N1C(=O)CC[C@H]1c1ccccc1. The van der Waals surface area contributed by atoms with Crippen molar-refractivity contribution in [1.29, 1.82) is 0 Å². The third kappa shape index (κ3) is 13.1. The van der Waals surface area contributed by atoms with E-state index in [4.69, 9.17) is 9.47 Å². The average Bonchev–Trinajstić information content (AvgIpc) is 3.94. The van der Waals surface area contributed by atoms with Gasteiger partial charge < -0.3 is 9.47 Å². The number of rotatable bonds is 12. The summed E-state index contributed by atoms with van der Waals surface area (Å²) >= 11 is 0. The number of hydrogen-bond donors (Lipinski definition) is 0. The first-order valence-electron chi connectivity index (χ1n) is 21.0. The minimum absolute atomic E-state index is 0.00872. The van der Waals surface area contributed by atoms with E-state index in [0.717, 1.165) is 55.4 Å². The molecule has 4 aromatic rings. The molecule has 11 heteroatoms. The number of likely N-dealkylation sites (tertiary alicyclic amines) is 2. The maximum Gasteiger partial charge on any atom is 0.417 e. The Morgan fingerprint density at radius 2 is 1.33 bits per heavy atom. The van der Waals surface area contributed by atoms with E-state index in [1.54, 1.807) is 25.0 Å². The summed E-state index contributed by atoms with van der Waals surface area (Å²) in [6.45, 7) is 15.4. The fraction of sp³-hybridized carbons (Fsp3) is 0.388. The number of nitrogens with zero attached hydrogens (tertiary/aromatic N) is 4. The van der Waals surface area contributed by atoms with Gasteiger partial charge >= 0.3 is 6.09 Å². The number of carbonyl (C=O) groups is 4. The minimum atomic E-state index is -1.07. The lowest BCUT2D eigenvalue weighted by Gasteiger charge is -2.28. The lowest BCUT2D eigenvalue weighted by Crippen LogP contribution is -2.41. The summed E-state index contributed by atoms with van der Waals surface area (Å²) in [5.41, 5.74) is 4.58. The van der Waals surface area contributed by atoms with Gasteiger partial charge in [-0.15, -0.1) is 0 Å². The molecule has 3 fully saturated rings. The highest BCUT2D eigenvalue weighted by Gasteiger charge is 2.44. The summed E-state index contributed by atoms with van der Waals surface area (Å²) in [7, 11) is 0.701. The molecule has 3 heterocycles. The van der Waals surface area contributed by atoms with Gasteiger partial charge in [-0.2, -0.15) is 0 Å². The van der Waals surface area contributed by atoms with Crippen molar-refractivity contribution in [3.63, 3.8) is 0 Å². The average molecular weight is 831 g/mol. The van der Waals surface area contributed by atoms with Crippen LogP contribution in [0.5, 0.6) is 0 Å². The van der Waals surface area contributed by atoms with Gasteiger partial charge in [0.15, 0.2) is 0 Å². The van der Waals surface area contributed by atoms with Crippen LogP contribution in [-0.2, 0) is 36.9 Å². The van der Waals surface area contributed by atoms with Crippen LogP contribution in [0.1, 0.15) is 61.0 Å². The molecule has 0 radical (unpaired) electrons. The molecule has 3 saturated heterocycles. The molecule has 3 aliphatic rings. The van der Waals surface area contributed by atoms with Crippen molar-refractivity contribution in [2.24, 2.45) is 11.8 Å². The van der Waals surface area contributed by atoms with E-state index in [1.807, 2.05) is 78.9 Å². The summed E-state index contributed by atoms with van der Waals surface area (Å²) < 4.78 is 10.2. The quantitative estimate of drug-likeness (QED) is 0.0605. The number of allylic oxidation sites excluding steroid dienone is 1. The number of amides is 4.